The quantitative estimate of drug-likeness (QED) is 0.453. The van der Waals surface area contributed by atoms with E-state index in [9.17, 15) is 18.0 Å². The fraction of sp³-hybridized carbons (Fsp3) is 0.250. The van der Waals surface area contributed by atoms with Crippen LogP contribution in [0, 0.1) is 0 Å². The van der Waals surface area contributed by atoms with Gasteiger partial charge in [0.05, 0.1) is 6.61 Å². The van der Waals surface area contributed by atoms with Crippen molar-refractivity contribution < 1.29 is 22.7 Å². The molecule has 6 nitrogen and oxygen atoms in total. The van der Waals surface area contributed by atoms with E-state index in [-0.39, 0.29) is 18.1 Å². The summed E-state index contributed by atoms with van der Waals surface area (Å²) in [6.07, 6.45) is 2.75. The Bertz CT molecular complexity index is 1060. The van der Waals surface area contributed by atoms with E-state index in [0.717, 1.165) is 12.5 Å². The number of halogens is 3. The fourth-order valence-corrected chi connectivity index (χ4v) is 2.70. The molecule has 0 aliphatic heterocycles. The van der Waals surface area contributed by atoms with E-state index in [1.807, 2.05) is 6.92 Å². The van der Waals surface area contributed by atoms with Crippen LogP contribution in [0.4, 0.5) is 13.2 Å². The zero-order chi connectivity index (χ0) is 21.0. The zero-order valence-electron chi connectivity index (χ0n) is 15.6. The second-order valence-corrected chi connectivity index (χ2v) is 6.38. The van der Waals surface area contributed by atoms with E-state index in [1.165, 1.54) is 24.4 Å². The van der Waals surface area contributed by atoms with E-state index in [2.05, 4.69) is 15.0 Å². The molecule has 0 radical (unpaired) electrons. The number of nitrogens with two attached hydrogens (primary N) is 1. The van der Waals surface area contributed by atoms with Gasteiger partial charge in [0.15, 0.2) is 0 Å². The third-order valence-corrected chi connectivity index (χ3v) is 4.16. The molecule has 0 saturated heterocycles. The van der Waals surface area contributed by atoms with Gasteiger partial charge >= 0.3 is 6.18 Å². The predicted molar refractivity (Wildman–Crippen MR) is 103 cm³/mol. The predicted octanol–water partition coefficient (Wildman–Crippen LogP) is 4.32. The van der Waals surface area contributed by atoms with Gasteiger partial charge in [-0.05, 0) is 30.2 Å². The lowest BCUT2D eigenvalue weighted by atomic mass is 10.1. The number of aromatic nitrogens is 3. The molecule has 0 aromatic carbocycles. The molecule has 0 bridgehead atoms. The molecular formula is C20H19F3N4O2. The number of ether oxygens (including phenoxy) is 1. The van der Waals surface area contributed by atoms with Crippen molar-refractivity contribution in [2.24, 2.45) is 5.73 Å². The molecule has 3 N–H and O–H groups in total. The summed E-state index contributed by atoms with van der Waals surface area (Å²) in [6, 6.07) is 4.10. The average molecular weight is 404 g/mol. The summed E-state index contributed by atoms with van der Waals surface area (Å²) in [5.41, 5.74) is 5.98. The normalized spacial score (nSPS) is 12.0. The number of carbonyl (C=O) groups is 1. The van der Waals surface area contributed by atoms with Gasteiger partial charge in [0.2, 0.25) is 11.8 Å². The molecule has 9 heteroatoms. The van der Waals surface area contributed by atoms with Crippen molar-refractivity contribution in [3.8, 4) is 17.0 Å². The molecule has 3 rings (SSSR count). The second kappa shape index (κ2) is 8.34. The highest BCUT2D eigenvalue weighted by atomic mass is 19.4. The van der Waals surface area contributed by atoms with Crippen molar-refractivity contribution in [3.63, 3.8) is 0 Å². The molecule has 0 spiro atoms. The summed E-state index contributed by atoms with van der Waals surface area (Å²) in [6.45, 7) is 2.23. The van der Waals surface area contributed by atoms with E-state index in [1.54, 1.807) is 12.3 Å². The van der Waals surface area contributed by atoms with Gasteiger partial charge in [0.25, 0.3) is 0 Å². The topological polar surface area (TPSA) is 93.9 Å². The molecule has 29 heavy (non-hydrogen) atoms. The number of primary amides is 1. The van der Waals surface area contributed by atoms with Crippen LogP contribution in [0.5, 0.6) is 5.88 Å². The molecule has 3 aromatic heterocycles. The van der Waals surface area contributed by atoms with Crippen LogP contribution in [-0.2, 0) is 11.0 Å². The largest absolute Gasteiger partial charge is 0.478 e. The van der Waals surface area contributed by atoms with Gasteiger partial charge in [-0.1, -0.05) is 13.3 Å². The molecule has 0 aliphatic carbocycles. The van der Waals surface area contributed by atoms with Gasteiger partial charge in [-0.2, -0.15) is 13.2 Å². The summed E-state index contributed by atoms with van der Waals surface area (Å²) in [5, 5.41) is 0.638. The summed E-state index contributed by atoms with van der Waals surface area (Å²) < 4.78 is 45.3. The zero-order valence-corrected chi connectivity index (χ0v) is 15.6. The molecule has 152 valence electrons. The van der Waals surface area contributed by atoms with Crippen molar-refractivity contribution in [2.75, 3.05) is 6.61 Å². The van der Waals surface area contributed by atoms with Gasteiger partial charge in [0, 0.05) is 41.0 Å². The van der Waals surface area contributed by atoms with Crippen LogP contribution in [0.2, 0.25) is 0 Å². The van der Waals surface area contributed by atoms with Gasteiger partial charge in [-0.25, -0.2) is 9.97 Å². The molecule has 0 fully saturated rings. The minimum atomic E-state index is -4.61. The van der Waals surface area contributed by atoms with Crippen LogP contribution in [-0.4, -0.2) is 27.5 Å². The Balaban J connectivity index is 2.06. The number of fused-ring (bicyclic) bond motifs is 1. The smallest absolute Gasteiger partial charge is 0.433 e. The van der Waals surface area contributed by atoms with Gasteiger partial charge in [0.1, 0.15) is 11.3 Å². The Labute approximate surface area is 164 Å². The van der Waals surface area contributed by atoms with E-state index in [4.69, 9.17) is 10.5 Å². The van der Waals surface area contributed by atoms with Crippen LogP contribution in [0.15, 0.2) is 36.7 Å². The number of H-pyrrole nitrogens is 1. The van der Waals surface area contributed by atoms with Crippen LogP contribution in [0.25, 0.3) is 28.2 Å². The highest BCUT2D eigenvalue weighted by Crippen LogP contribution is 2.34. The number of amides is 1. The number of hydrogen-bond donors (Lipinski definition) is 2. The first kappa shape index (κ1) is 20.4. The highest BCUT2D eigenvalue weighted by Gasteiger charge is 2.33. The second-order valence-electron chi connectivity index (χ2n) is 6.38. The SMILES string of the molecule is CCCCOc1cc(-c2cnc3[nH]cc(/C=C/C(N)=O)c3c2)cc(C(F)(F)F)n1. The number of aromatic amines is 1. The first-order chi connectivity index (χ1) is 13.8. The van der Waals surface area contributed by atoms with E-state index < -0.39 is 17.8 Å². The number of nitrogens with one attached hydrogen (secondary N) is 1. The maximum atomic E-state index is 13.3. The van der Waals surface area contributed by atoms with Crippen molar-refractivity contribution in [2.45, 2.75) is 25.9 Å². The van der Waals surface area contributed by atoms with Crippen molar-refractivity contribution in [1.29, 1.82) is 0 Å². The number of unbranched alkanes of at least 4 members (excludes halogenated alkanes) is 1. The van der Waals surface area contributed by atoms with Crippen molar-refractivity contribution in [1.82, 2.24) is 15.0 Å². The van der Waals surface area contributed by atoms with Gasteiger partial charge in [-0.15, -0.1) is 0 Å². The lowest BCUT2D eigenvalue weighted by molar-refractivity contribution is -0.141. The van der Waals surface area contributed by atoms with Gasteiger partial charge < -0.3 is 15.5 Å². The Hall–Kier alpha value is -3.36. The Morgan fingerprint density at radius 1 is 1.28 bits per heavy atom. The minimum absolute atomic E-state index is 0.0914. The Kier molecular flexibility index (Phi) is 5.86. The third-order valence-electron chi connectivity index (χ3n) is 4.16. The van der Waals surface area contributed by atoms with E-state index in [0.29, 0.717) is 28.6 Å². The lowest BCUT2D eigenvalue weighted by Crippen LogP contribution is -2.10. The van der Waals surface area contributed by atoms with E-state index >= 15 is 0 Å². The summed E-state index contributed by atoms with van der Waals surface area (Å²) in [5.74, 6) is -0.701. The maximum absolute atomic E-state index is 13.3. The molecule has 0 saturated carbocycles. The number of hydrogen-bond acceptors (Lipinski definition) is 4. The first-order valence-electron chi connectivity index (χ1n) is 8.95. The molecular weight excluding hydrogens is 385 g/mol. The molecule has 3 aromatic rings. The monoisotopic (exact) mass is 404 g/mol. The Morgan fingerprint density at radius 3 is 2.76 bits per heavy atom. The van der Waals surface area contributed by atoms with Crippen LogP contribution in [0.1, 0.15) is 31.0 Å². The van der Waals surface area contributed by atoms with Gasteiger partial charge in [-0.3, -0.25) is 4.79 Å². The fourth-order valence-electron chi connectivity index (χ4n) is 2.70. The van der Waals surface area contributed by atoms with Crippen LogP contribution >= 0.6 is 0 Å². The average Bonchev–Trinajstić information content (AvgIpc) is 3.08. The lowest BCUT2D eigenvalue weighted by Gasteiger charge is -2.12. The molecule has 1 amide bonds. The number of pyridine rings is 2. The number of alkyl halides is 3. The summed E-state index contributed by atoms with van der Waals surface area (Å²) in [4.78, 5) is 21.8. The van der Waals surface area contributed by atoms with Crippen molar-refractivity contribution >= 4 is 23.0 Å². The highest BCUT2D eigenvalue weighted by molar-refractivity contribution is 5.95. The molecule has 3 heterocycles. The first-order valence-corrected chi connectivity index (χ1v) is 8.95. The number of nitrogens with zero attached hydrogens (tertiary/aromatic N) is 2. The third kappa shape index (κ3) is 4.92. The number of carbonyl (C=O) groups excluding carboxylic acids is 1. The maximum Gasteiger partial charge on any atom is 0.433 e. The standard InChI is InChI=1S/C20H19F3N4O2/c1-2-3-6-29-18-9-13(8-16(27-18)20(21,22)23)14-7-15-12(4-5-17(24)28)10-25-19(15)26-11-14/h4-5,7-11H,2-3,6H2,1H3,(H2,24,28)(H,25,26)/b5-4+. The van der Waals surface area contributed by atoms with Crippen LogP contribution < -0.4 is 10.5 Å². The van der Waals surface area contributed by atoms with Crippen molar-refractivity contribution in [3.05, 3.63) is 47.9 Å². The molecule has 0 atom stereocenters. The number of rotatable bonds is 7. The summed E-state index contributed by atoms with van der Waals surface area (Å²) >= 11 is 0. The summed E-state index contributed by atoms with van der Waals surface area (Å²) in [7, 11) is 0. The Morgan fingerprint density at radius 2 is 2.07 bits per heavy atom. The molecule has 0 aliphatic rings. The minimum Gasteiger partial charge on any atom is -0.478 e. The van der Waals surface area contributed by atoms with Crippen LogP contribution in [0.3, 0.4) is 0 Å². The molecule has 0 unspecified atom stereocenters.